The predicted molar refractivity (Wildman–Crippen MR) is 89.4 cm³/mol. The maximum absolute atomic E-state index is 4.14. The zero-order valence-corrected chi connectivity index (χ0v) is 13.6. The number of nitrogens with zero attached hydrogens (tertiary/aromatic N) is 3. The molecule has 0 atom stereocenters. The van der Waals surface area contributed by atoms with E-state index in [1.165, 1.54) is 3.57 Å². The summed E-state index contributed by atoms with van der Waals surface area (Å²) in [6, 6.07) is 17.6. The summed E-state index contributed by atoms with van der Waals surface area (Å²) in [6.07, 6.45) is 0. The lowest BCUT2D eigenvalue weighted by Gasteiger charge is -1.93. The zero-order chi connectivity index (χ0) is 14.1. The van der Waals surface area contributed by atoms with Crippen LogP contribution in [-0.2, 0) is 0 Å². The molecule has 0 spiro atoms. The number of hydrogen-bond acceptors (Lipinski definition) is 3. The molecule has 0 saturated carbocycles. The van der Waals surface area contributed by atoms with Gasteiger partial charge in [0.15, 0.2) is 0 Å². The van der Waals surface area contributed by atoms with Gasteiger partial charge in [-0.1, -0.05) is 18.2 Å². The van der Waals surface area contributed by atoms with Crippen LogP contribution in [-0.4, -0.2) is 26.0 Å². The Morgan fingerprint density at radius 3 is 1.63 bits per heavy atom. The number of hydrogen-bond donors (Lipinski definition) is 0. The summed E-state index contributed by atoms with van der Waals surface area (Å²) in [5.41, 5.74) is 1.75. The summed E-state index contributed by atoms with van der Waals surface area (Å²) < 4.78 is 1.20. The SMILES string of the molecule is CN(C)C.Ic1ccc(N=Nc2ccccc2)cc1. The summed E-state index contributed by atoms with van der Waals surface area (Å²) in [5, 5.41) is 8.27. The Balaban J connectivity index is 0.000000399. The van der Waals surface area contributed by atoms with Crippen molar-refractivity contribution in [1.82, 2.24) is 4.90 Å². The van der Waals surface area contributed by atoms with E-state index in [0.29, 0.717) is 0 Å². The van der Waals surface area contributed by atoms with Crippen molar-refractivity contribution >= 4 is 34.0 Å². The van der Waals surface area contributed by atoms with Gasteiger partial charge in [-0.3, -0.25) is 0 Å². The molecule has 0 saturated heterocycles. The first kappa shape index (κ1) is 15.8. The van der Waals surface area contributed by atoms with Gasteiger partial charge in [0.25, 0.3) is 0 Å². The second-order valence-corrected chi connectivity index (χ2v) is 5.60. The average molecular weight is 367 g/mol. The van der Waals surface area contributed by atoms with Crippen molar-refractivity contribution < 1.29 is 0 Å². The van der Waals surface area contributed by atoms with Crippen LogP contribution in [0.2, 0.25) is 0 Å². The molecule has 2 rings (SSSR count). The average Bonchev–Trinajstić information content (AvgIpc) is 2.39. The van der Waals surface area contributed by atoms with Gasteiger partial charge < -0.3 is 4.90 Å². The number of halogens is 1. The van der Waals surface area contributed by atoms with Crippen molar-refractivity contribution in [2.45, 2.75) is 0 Å². The van der Waals surface area contributed by atoms with Gasteiger partial charge in [-0.2, -0.15) is 10.2 Å². The van der Waals surface area contributed by atoms with Gasteiger partial charge in [0.1, 0.15) is 0 Å². The summed E-state index contributed by atoms with van der Waals surface area (Å²) in [7, 11) is 6.00. The highest BCUT2D eigenvalue weighted by atomic mass is 127. The van der Waals surface area contributed by atoms with Crippen LogP contribution in [0.25, 0.3) is 0 Å². The van der Waals surface area contributed by atoms with Gasteiger partial charge in [0, 0.05) is 3.57 Å². The van der Waals surface area contributed by atoms with Crippen LogP contribution in [0.4, 0.5) is 11.4 Å². The smallest absolute Gasteiger partial charge is 0.0857 e. The molecule has 0 fully saturated rings. The molecule has 0 aliphatic rings. The predicted octanol–water partition coefficient (Wildman–Crippen LogP) is 4.88. The molecule has 0 unspecified atom stereocenters. The van der Waals surface area contributed by atoms with Crippen LogP contribution in [0.5, 0.6) is 0 Å². The maximum atomic E-state index is 4.14. The third-order valence-electron chi connectivity index (χ3n) is 1.86. The van der Waals surface area contributed by atoms with Crippen LogP contribution in [0, 0.1) is 3.57 Å². The molecule has 0 aromatic heterocycles. The second-order valence-electron chi connectivity index (χ2n) is 4.35. The van der Waals surface area contributed by atoms with E-state index in [1.807, 2.05) is 80.6 Å². The van der Waals surface area contributed by atoms with Gasteiger partial charge in [0.2, 0.25) is 0 Å². The molecular weight excluding hydrogens is 349 g/mol. The third-order valence-corrected chi connectivity index (χ3v) is 2.58. The van der Waals surface area contributed by atoms with Gasteiger partial charge >= 0.3 is 0 Å². The number of azo groups is 1. The molecule has 0 heterocycles. The summed E-state index contributed by atoms with van der Waals surface area (Å²) in [5.74, 6) is 0. The molecule has 4 heteroatoms. The molecule has 2 aromatic carbocycles. The topological polar surface area (TPSA) is 28.0 Å². The fourth-order valence-corrected chi connectivity index (χ4v) is 1.48. The van der Waals surface area contributed by atoms with Crippen molar-refractivity contribution in [3.05, 3.63) is 58.2 Å². The summed E-state index contributed by atoms with van der Waals surface area (Å²) in [4.78, 5) is 2.00. The Morgan fingerprint density at radius 1 is 0.737 bits per heavy atom. The largest absolute Gasteiger partial charge is 0.312 e. The van der Waals surface area contributed by atoms with E-state index >= 15 is 0 Å². The van der Waals surface area contributed by atoms with Gasteiger partial charge in [0.05, 0.1) is 11.4 Å². The normalized spacial score (nSPS) is 10.4. The van der Waals surface area contributed by atoms with E-state index in [1.54, 1.807) is 0 Å². The molecule has 3 nitrogen and oxygen atoms in total. The van der Waals surface area contributed by atoms with Crippen LogP contribution in [0.15, 0.2) is 64.8 Å². The Kier molecular flexibility index (Phi) is 7.28. The number of rotatable bonds is 2. The van der Waals surface area contributed by atoms with Crippen LogP contribution in [0.1, 0.15) is 0 Å². The van der Waals surface area contributed by atoms with Crippen LogP contribution < -0.4 is 0 Å². The Bertz CT molecular complexity index is 490. The third kappa shape index (κ3) is 7.69. The monoisotopic (exact) mass is 367 g/mol. The molecule has 0 radical (unpaired) electrons. The molecular formula is C15H18IN3. The minimum absolute atomic E-state index is 0.871. The number of benzene rings is 2. The first-order valence-electron chi connectivity index (χ1n) is 5.91. The van der Waals surface area contributed by atoms with E-state index in [-0.39, 0.29) is 0 Å². The molecule has 0 amide bonds. The van der Waals surface area contributed by atoms with E-state index in [2.05, 4.69) is 32.8 Å². The van der Waals surface area contributed by atoms with Gasteiger partial charge in [-0.15, -0.1) is 0 Å². The molecule has 0 aliphatic heterocycles. The van der Waals surface area contributed by atoms with Crippen molar-refractivity contribution in [2.24, 2.45) is 10.2 Å². The lowest BCUT2D eigenvalue weighted by molar-refractivity contribution is 0.505. The standard InChI is InChI=1S/C12H9IN2.C3H9N/c13-10-6-8-12(9-7-10)15-14-11-4-2-1-3-5-11;1-4(2)3/h1-9H;1-3H3. The van der Waals surface area contributed by atoms with Crippen molar-refractivity contribution in [2.75, 3.05) is 21.1 Å². The lowest BCUT2D eigenvalue weighted by Crippen LogP contribution is -1.99. The van der Waals surface area contributed by atoms with Crippen molar-refractivity contribution in [3.63, 3.8) is 0 Å². The summed E-state index contributed by atoms with van der Waals surface area (Å²) in [6.45, 7) is 0. The molecule has 100 valence electrons. The van der Waals surface area contributed by atoms with Crippen LogP contribution in [0.3, 0.4) is 0 Å². The maximum Gasteiger partial charge on any atom is 0.0857 e. The van der Waals surface area contributed by atoms with Gasteiger partial charge in [-0.25, -0.2) is 0 Å². The Hall–Kier alpha value is -1.27. The lowest BCUT2D eigenvalue weighted by atomic mass is 10.3. The Labute approximate surface area is 128 Å². The fourth-order valence-electron chi connectivity index (χ4n) is 1.12. The van der Waals surface area contributed by atoms with Crippen molar-refractivity contribution in [3.8, 4) is 0 Å². The highest BCUT2D eigenvalue weighted by Crippen LogP contribution is 2.18. The first-order valence-corrected chi connectivity index (χ1v) is 6.99. The minimum atomic E-state index is 0.871. The fraction of sp³-hybridized carbons (Fsp3) is 0.200. The van der Waals surface area contributed by atoms with E-state index < -0.39 is 0 Å². The van der Waals surface area contributed by atoms with Crippen LogP contribution >= 0.6 is 22.6 Å². The van der Waals surface area contributed by atoms with E-state index in [4.69, 9.17) is 0 Å². The summed E-state index contributed by atoms with van der Waals surface area (Å²) >= 11 is 2.26. The molecule has 19 heavy (non-hydrogen) atoms. The van der Waals surface area contributed by atoms with Crippen molar-refractivity contribution in [1.29, 1.82) is 0 Å². The first-order chi connectivity index (χ1) is 9.08. The molecule has 2 aromatic rings. The highest BCUT2D eigenvalue weighted by molar-refractivity contribution is 14.1. The molecule has 0 aliphatic carbocycles. The molecule has 0 N–H and O–H groups in total. The van der Waals surface area contributed by atoms with E-state index in [9.17, 15) is 0 Å². The van der Waals surface area contributed by atoms with E-state index in [0.717, 1.165) is 11.4 Å². The minimum Gasteiger partial charge on any atom is -0.312 e. The molecule has 0 bridgehead atoms. The zero-order valence-electron chi connectivity index (χ0n) is 11.4. The quantitative estimate of drug-likeness (QED) is 0.549. The second kappa shape index (κ2) is 8.77. The van der Waals surface area contributed by atoms with Gasteiger partial charge in [-0.05, 0) is 80.1 Å². The highest BCUT2D eigenvalue weighted by Gasteiger charge is 1.89. The Morgan fingerprint density at radius 2 is 1.16 bits per heavy atom.